The van der Waals surface area contributed by atoms with Crippen molar-refractivity contribution in [1.82, 2.24) is 9.88 Å². The minimum atomic E-state index is -0.791. The second-order valence-corrected chi connectivity index (χ2v) is 7.06. The monoisotopic (exact) mass is 352 g/mol. The third kappa shape index (κ3) is 3.49. The minimum absolute atomic E-state index is 0.0773. The predicted octanol–water partition coefficient (Wildman–Crippen LogP) is 3.07. The van der Waals surface area contributed by atoms with Gasteiger partial charge in [0.2, 0.25) is 0 Å². The Morgan fingerprint density at radius 1 is 1.42 bits per heavy atom. The molecule has 0 bridgehead atoms. The van der Waals surface area contributed by atoms with Gasteiger partial charge in [-0.1, -0.05) is 18.6 Å². The number of carboxylic acid groups (broad SMARTS) is 1. The highest BCUT2D eigenvalue weighted by Gasteiger charge is 2.34. The number of carbonyl (C=O) groups is 1. The van der Waals surface area contributed by atoms with Crippen molar-refractivity contribution in [2.45, 2.75) is 45.7 Å². The van der Waals surface area contributed by atoms with Crippen molar-refractivity contribution in [3.63, 3.8) is 0 Å². The number of benzene rings is 1. The summed E-state index contributed by atoms with van der Waals surface area (Å²) in [4.78, 5) is 17.4. The molecule has 0 aliphatic heterocycles. The zero-order chi connectivity index (χ0) is 18.8. The lowest BCUT2D eigenvalue weighted by atomic mass is 9.85. The quantitative estimate of drug-likeness (QED) is 0.830. The molecule has 0 amide bonds. The number of aryl methyl sites for hydroxylation is 2. The molecule has 1 heterocycles. The largest absolute Gasteiger partial charge is 0.480 e. The van der Waals surface area contributed by atoms with Crippen LogP contribution in [0.4, 0.5) is 5.69 Å². The number of nitrogens with one attached hydrogen (secondary N) is 1. The number of anilines is 1. The molecule has 2 N–H and O–H groups in total. The van der Waals surface area contributed by atoms with E-state index in [1.807, 2.05) is 25.7 Å². The van der Waals surface area contributed by atoms with Crippen LogP contribution in [0.3, 0.4) is 0 Å². The zero-order valence-corrected chi connectivity index (χ0v) is 15.4. The Morgan fingerprint density at radius 3 is 2.77 bits per heavy atom. The summed E-state index contributed by atoms with van der Waals surface area (Å²) in [5, 5.41) is 23.0. The molecule has 6 nitrogen and oxygen atoms in total. The SMILES string of the molecule is CCN(CC(=O)O)C1CC(Nc2c(C#N)cnc3c(C)cc(C)cc23)C1. The number of aromatic nitrogens is 1. The number of nitriles is 1. The average Bonchev–Trinajstić information content (AvgIpc) is 2.55. The Morgan fingerprint density at radius 2 is 2.15 bits per heavy atom. The molecule has 136 valence electrons. The van der Waals surface area contributed by atoms with E-state index in [9.17, 15) is 10.1 Å². The lowest BCUT2D eigenvalue weighted by molar-refractivity contribution is -0.139. The van der Waals surface area contributed by atoms with E-state index in [0.717, 1.165) is 47.1 Å². The zero-order valence-electron chi connectivity index (χ0n) is 15.4. The van der Waals surface area contributed by atoms with E-state index in [4.69, 9.17) is 5.11 Å². The van der Waals surface area contributed by atoms with Crippen molar-refractivity contribution in [2.24, 2.45) is 0 Å². The molecule has 1 aromatic carbocycles. The Bertz CT molecular complexity index is 881. The van der Waals surface area contributed by atoms with Crippen LogP contribution < -0.4 is 5.32 Å². The second kappa shape index (κ2) is 7.30. The van der Waals surface area contributed by atoms with Gasteiger partial charge in [0.15, 0.2) is 0 Å². The third-order valence-electron chi connectivity index (χ3n) is 5.15. The van der Waals surface area contributed by atoms with Gasteiger partial charge in [0.05, 0.1) is 23.3 Å². The van der Waals surface area contributed by atoms with Gasteiger partial charge in [-0.25, -0.2) is 0 Å². The number of rotatable bonds is 6. The molecule has 0 atom stereocenters. The lowest BCUT2D eigenvalue weighted by Crippen LogP contribution is -2.51. The molecule has 2 aromatic rings. The van der Waals surface area contributed by atoms with E-state index in [2.05, 4.69) is 28.5 Å². The van der Waals surface area contributed by atoms with E-state index in [1.54, 1.807) is 6.20 Å². The summed E-state index contributed by atoms with van der Waals surface area (Å²) < 4.78 is 0. The van der Waals surface area contributed by atoms with Gasteiger partial charge in [0, 0.05) is 23.7 Å². The molecule has 1 aromatic heterocycles. The minimum Gasteiger partial charge on any atom is -0.480 e. The van der Waals surface area contributed by atoms with Crippen LogP contribution in [-0.4, -0.2) is 46.1 Å². The normalized spacial score (nSPS) is 19.2. The fraction of sp³-hybridized carbons (Fsp3) is 0.450. The molecule has 1 saturated carbocycles. The number of fused-ring (bicyclic) bond motifs is 1. The van der Waals surface area contributed by atoms with Gasteiger partial charge in [0.1, 0.15) is 6.07 Å². The average molecular weight is 352 g/mol. The standard InChI is InChI=1S/C20H24N4O2/c1-4-24(11-18(25)26)16-7-15(8-16)23-20-14(9-21)10-22-19-13(3)5-12(2)6-17(19)20/h5-6,10,15-16H,4,7-8,11H2,1-3H3,(H,22,23)(H,25,26). The number of aliphatic carboxylic acids is 1. The summed E-state index contributed by atoms with van der Waals surface area (Å²) in [6, 6.07) is 6.91. The fourth-order valence-corrected chi connectivity index (χ4v) is 3.78. The molecule has 1 fully saturated rings. The summed E-state index contributed by atoms with van der Waals surface area (Å²) in [6.45, 7) is 6.86. The molecule has 0 unspecified atom stereocenters. The molecule has 1 aliphatic rings. The van der Waals surface area contributed by atoms with E-state index < -0.39 is 5.97 Å². The molecular weight excluding hydrogens is 328 g/mol. The van der Waals surface area contributed by atoms with Crippen LogP contribution in [0.25, 0.3) is 10.9 Å². The van der Waals surface area contributed by atoms with Gasteiger partial charge in [0.25, 0.3) is 0 Å². The van der Waals surface area contributed by atoms with Crippen molar-refractivity contribution < 1.29 is 9.90 Å². The van der Waals surface area contributed by atoms with E-state index in [0.29, 0.717) is 5.56 Å². The van der Waals surface area contributed by atoms with Gasteiger partial charge in [-0.05, 0) is 44.9 Å². The van der Waals surface area contributed by atoms with Gasteiger partial charge >= 0.3 is 5.97 Å². The molecule has 26 heavy (non-hydrogen) atoms. The van der Waals surface area contributed by atoms with Crippen LogP contribution in [0.5, 0.6) is 0 Å². The van der Waals surface area contributed by atoms with Gasteiger partial charge < -0.3 is 10.4 Å². The molecule has 0 saturated heterocycles. The first kappa shape index (κ1) is 18.2. The smallest absolute Gasteiger partial charge is 0.317 e. The van der Waals surface area contributed by atoms with E-state index in [-0.39, 0.29) is 18.6 Å². The number of hydrogen-bond donors (Lipinski definition) is 2. The maximum absolute atomic E-state index is 11.0. The topological polar surface area (TPSA) is 89.3 Å². The number of hydrogen-bond acceptors (Lipinski definition) is 5. The lowest BCUT2D eigenvalue weighted by Gasteiger charge is -2.42. The Labute approximate surface area is 153 Å². The molecular formula is C20H24N4O2. The van der Waals surface area contributed by atoms with Gasteiger partial charge in [-0.3, -0.25) is 14.7 Å². The summed E-state index contributed by atoms with van der Waals surface area (Å²) in [7, 11) is 0. The van der Waals surface area contributed by atoms with E-state index in [1.165, 1.54) is 0 Å². The summed E-state index contributed by atoms with van der Waals surface area (Å²) in [5.74, 6) is -0.791. The van der Waals surface area contributed by atoms with Crippen LogP contribution in [-0.2, 0) is 4.79 Å². The Hall–Kier alpha value is -2.65. The maximum atomic E-state index is 11.0. The van der Waals surface area contributed by atoms with Gasteiger partial charge in [-0.2, -0.15) is 5.26 Å². The molecule has 3 rings (SSSR count). The van der Waals surface area contributed by atoms with Crippen LogP contribution in [0, 0.1) is 25.2 Å². The number of carboxylic acids is 1. The van der Waals surface area contributed by atoms with Crippen molar-refractivity contribution in [2.75, 3.05) is 18.4 Å². The highest BCUT2D eigenvalue weighted by Crippen LogP contribution is 2.34. The summed E-state index contributed by atoms with van der Waals surface area (Å²) >= 11 is 0. The van der Waals surface area contributed by atoms with Gasteiger partial charge in [-0.15, -0.1) is 0 Å². The van der Waals surface area contributed by atoms with Crippen LogP contribution in [0.15, 0.2) is 18.3 Å². The molecule has 0 spiro atoms. The van der Waals surface area contributed by atoms with Crippen molar-refractivity contribution in [3.05, 3.63) is 35.0 Å². The first-order valence-electron chi connectivity index (χ1n) is 8.95. The van der Waals surface area contributed by atoms with Crippen LogP contribution in [0.2, 0.25) is 0 Å². The van der Waals surface area contributed by atoms with Crippen molar-refractivity contribution in [1.29, 1.82) is 5.26 Å². The first-order valence-corrected chi connectivity index (χ1v) is 8.95. The fourth-order valence-electron chi connectivity index (χ4n) is 3.78. The highest BCUT2D eigenvalue weighted by molar-refractivity contribution is 5.96. The molecule has 1 aliphatic carbocycles. The number of pyridine rings is 1. The van der Waals surface area contributed by atoms with Crippen molar-refractivity contribution >= 4 is 22.6 Å². The second-order valence-electron chi connectivity index (χ2n) is 7.06. The predicted molar refractivity (Wildman–Crippen MR) is 101 cm³/mol. The van der Waals surface area contributed by atoms with Crippen LogP contribution >= 0.6 is 0 Å². The first-order chi connectivity index (χ1) is 12.4. The maximum Gasteiger partial charge on any atom is 0.317 e. The number of likely N-dealkylation sites (N-methyl/N-ethyl adjacent to an activating group) is 1. The molecule has 6 heteroatoms. The Kier molecular flexibility index (Phi) is 5.10. The summed E-state index contributed by atoms with van der Waals surface area (Å²) in [5.41, 5.74) is 4.53. The third-order valence-corrected chi connectivity index (χ3v) is 5.15. The van der Waals surface area contributed by atoms with Crippen LogP contribution in [0.1, 0.15) is 36.5 Å². The highest BCUT2D eigenvalue weighted by atomic mass is 16.4. The Balaban J connectivity index is 1.82. The molecule has 0 radical (unpaired) electrons. The number of nitrogens with zero attached hydrogens (tertiary/aromatic N) is 3. The van der Waals surface area contributed by atoms with Crippen molar-refractivity contribution in [3.8, 4) is 6.07 Å². The van der Waals surface area contributed by atoms with E-state index >= 15 is 0 Å². The summed E-state index contributed by atoms with van der Waals surface area (Å²) in [6.07, 6.45) is 3.38.